The summed E-state index contributed by atoms with van der Waals surface area (Å²) in [6.07, 6.45) is 2.94. The highest BCUT2D eigenvalue weighted by Gasteiger charge is 2.12. The van der Waals surface area contributed by atoms with E-state index >= 15 is 0 Å². The molecule has 8 nitrogen and oxygen atoms in total. The number of aliphatic carboxylic acids is 1. The van der Waals surface area contributed by atoms with Crippen molar-refractivity contribution < 1.29 is 19.4 Å². The number of carboxylic acid groups (broad SMARTS) is 1. The fourth-order valence-corrected chi connectivity index (χ4v) is 2.43. The lowest BCUT2D eigenvalue weighted by atomic mass is 10.1. The Morgan fingerprint density at radius 3 is 2.58 bits per heavy atom. The van der Waals surface area contributed by atoms with Crippen molar-refractivity contribution >= 4 is 11.5 Å². The number of carbonyl (C=O) groups is 1. The van der Waals surface area contributed by atoms with Crippen LogP contribution < -0.4 is 15.0 Å². The standard InChI is InChI=1S/C16H15N3O5/c1-23-13-4-3-10(7-14(13)24-2)11-8-12-16(22)18(9-15(20)21)5-6-19(12)17-11/h3-8H,9H2,1-2H3,(H,20,21). The Bertz CT molecular complexity index is 973. The van der Waals surface area contributed by atoms with Crippen LogP contribution in [0.2, 0.25) is 0 Å². The van der Waals surface area contributed by atoms with E-state index in [0.29, 0.717) is 22.7 Å². The maximum atomic E-state index is 12.3. The van der Waals surface area contributed by atoms with Crippen LogP contribution in [0, 0.1) is 0 Å². The minimum atomic E-state index is -1.08. The summed E-state index contributed by atoms with van der Waals surface area (Å²) in [6, 6.07) is 6.93. The summed E-state index contributed by atoms with van der Waals surface area (Å²) in [5, 5.41) is 13.2. The first-order valence-electron chi connectivity index (χ1n) is 7.06. The Kier molecular flexibility index (Phi) is 3.95. The summed E-state index contributed by atoms with van der Waals surface area (Å²) in [6.45, 7) is -0.397. The van der Waals surface area contributed by atoms with Gasteiger partial charge in [-0.25, -0.2) is 4.52 Å². The number of methoxy groups -OCH3 is 2. The molecular formula is C16H15N3O5. The van der Waals surface area contributed by atoms with Crippen LogP contribution in [0.25, 0.3) is 16.8 Å². The highest BCUT2D eigenvalue weighted by Crippen LogP contribution is 2.31. The Morgan fingerprint density at radius 1 is 1.17 bits per heavy atom. The molecule has 1 aromatic carbocycles. The minimum Gasteiger partial charge on any atom is -0.493 e. The number of ether oxygens (including phenoxy) is 2. The molecular weight excluding hydrogens is 314 g/mol. The van der Waals surface area contributed by atoms with Crippen LogP contribution in [0.15, 0.2) is 41.5 Å². The van der Waals surface area contributed by atoms with Gasteiger partial charge in [-0.05, 0) is 24.3 Å². The molecule has 0 fully saturated rings. The molecule has 124 valence electrons. The van der Waals surface area contributed by atoms with Crippen LogP contribution >= 0.6 is 0 Å². The zero-order valence-electron chi connectivity index (χ0n) is 13.1. The summed E-state index contributed by atoms with van der Waals surface area (Å²) >= 11 is 0. The highest BCUT2D eigenvalue weighted by atomic mass is 16.5. The molecule has 0 aliphatic rings. The second-order valence-electron chi connectivity index (χ2n) is 5.05. The highest BCUT2D eigenvalue weighted by molar-refractivity contribution is 5.69. The molecule has 0 bridgehead atoms. The third-order valence-electron chi connectivity index (χ3n) is 3.59. The fourth-order valence-electron chi connectivity index (χ4n) is 2.43. The molecule has 0 aliphatic carbocycles. The van der Waals surface area contributed by atoms with Crippen molar-refractivity contribution in [1.82, 2.24) is 14.2 Å². The molecule has 0 aliphatic heterocycles. The predicted molar refractivity (Wildman–Crippen MR) is 85.6 cm³/mol. The first-order chi connectivity index (χ1) is 11.5. The fraction of sp³-hybridized carbons (Fsp3) is 0.188. The molecule has 0 saturated carbocycles. The second kappa shape index (κ2) is 6.07. The maximum absolute atomic E-state index is 12.3. The molecule has 8 heteroatoms. The van der Waals surface area contributed by atoms with Gasteiger partial charge < -0.3 is 19.1 Å². The smallest absolute Gasteiger partial charge is 0.323 e. The van der Waals surface area contributed by atoms with Crippen LogP contribution in [0.1, 0.15) is 0 Å². The summed E-state index contributed by atoms with van der Waals surface area (Å²) in [4.78, 5) is 23.1. The zero-order chi connectivity index (χ0) is 17.3. The lowest BCUT2D eigenvalue weighted by Crippen LogP contribution is -2.24. The first kappa shape index (κ1) is 15.6. The van der Waals surface area contributed by atoms with Crippen LogP contribution in [0.5, 0.6) is 11.5 Å². The van der Waals surface area contributed by atoms with Crippen LogP contribution in [-0.4, -0.2) is 39.5 Å². The van der Waals surface area contributed by atoms with Gasteiger partial charge in [0.25, 0.3) is 5.56 Å². The number of hydrogen-bond acceptors (Lipinski definition) is 5. The van der Waals surface area contributed by atoms with Crippen molar-refractivity contribution in [1.29, 1.82) is 0 Å². The predicted octanol–water partition coefficient (Wildman–Crippen LogP) is 1.26. The van der Waals surface area contributed by atoms with E-state index in [1.807, 2.05) is 0 Å². The van der Waals surface area contributed by atoms with Crippen LogP contribution in [0.4, 0.5) is 0 Å². The number of benzene rings is 1. The average molecular weight is 329 g/mol. The Hall–Kier alpha value is -3.29. The molecule has 0 atom stereocenters. The van der Waals surface area contributed by atoms with E-state index in [1.54, 1.807) is 37.6 Å². The molecule has 3 aromatic rings. The lowest BCUT2D eigenvalue weighted by molar-refractivity contribution is -0.137. The van der Waals surface area contributed by atoms with E-state index in [2.05, 4.69) is 5.10 Å². The molecule has 0 unspecified atom stereocenters. The van der Waals surface area contributed by atoms with Crippen molar-refractivity contribution in [3.8, 4) is 22.8 Å². The SMILES string of the molecule is COc1ccc(-c2cc3c(=O)n(CC(=O)O)ccn3n2)cc1OC. The van der Waals surface area contributed by atoms with Gasteiger partial charge in [0, 0.05) is 18.0 Å². The lowest BCUT2D eigenvalue weighted by Gasteiger charge is -2.08. The number of aromatic nitrogens is 3. The molecule has 0 saturated heterocycles. The van der Waals surface area contributed by atoms with E-state index in [1.165, 1.54) is 17.8 Å². The van der Waals surface area contributed by atoms with Gasteiger partial charge >= 0.3 is 5.97 Å². The quantitative estimate of drug-likeness (QED) is 0.757. The number of nitrogens with zero attached hydrogens (tertiary/aromatic N) is 3. The average Bonchev–Trinajstić information content (AvgIpc) is 3.01. The number of hydrogen-bond donors (Lipinski definition) is 1. The molecule has 2 aromatic heterocycles. The van der Waals surface area contributed by atoms with Gasteiger partial charge in [0.1, 0.15) is 12.1 Å². The molecule has 0 spiro atoms. The topological polar surface area (TPSA) is 95.1 Å². The Morgan fingerprint density at radius 2 is 1.92 bits per heavy atom. The van der Waals surface area contributed by atoms with Crippen molar-refractivity contribution in [2.75, 3.05) is 14.2 Å². The molecule has 1 N–H and O–H groups in total. The molecule has 2 heterocycles. The second-order valence-corrected chi connectivity index (χ2v) is 5.05. The first-order valence-corrected chi connectivity index (χ1v) is 7.06. The number of rotatable bonds is 5. The summed E-state index contributed by atoms with van der Waals surface area (Å²) in [7, 11) is 3.09. The van der Waals surface area contributed by atoms with Crippen molar-refractivity contribution in [2.24, 2.45) is 0 Å². The molecule has 0 amide bonds. The Labute approximate surface area is 136 Å². The van der Waals surface area contributed by atoms with Crippen molar-refractivity contribution in [2.45, 2.75) is 6.54 Å². The Balaban J connectivity index is 2.10. The molecule has 24 heavy (non-hydrogen) atoms. The van der Waals surface area contributed by atoms with Gasteiger partial charge in [0.05, 0.1) is 19.9 Å². The van der Waals surface area contributed by atoms with Gasteiger partial charge in [-0.1, -0.05) is 0 Å². The van der Waals surface area contributed by atoms with E-state index in [9.17, 15) is 9.59 Å². The summed E-state index contributed by atoms with van der Waals surface area (Å²) in [5.41, 5.74) is 1.20. The number of fused-ring (bicyclic) bond motifs is 1. The van der Waals surface area contributed by atoms with Crippen LogP contribution in [-0.2, 0) is 11.3 Å². The van der Waals surface area contributed by atoms with Gasteiger partial charge in [-0.2, -0.15) is 5.10 Å². The third-order valence-corrected chi connectivity index (χ3v) is 3.59. The van der Waals surface area contributed by atoms with E-state index in [4.69, 9.17) is 14.6 Å². The van der Waals surface area contributed by atoms with Gasteiger partial charge in [0.15, 0.2) is 11.5 Å². The van der Waals surface area contributed by atoms with E-state index in [-0.39, 0.29) is 0 Å². The van der Waals surface area contributed by atoms with Gasteiger partial charge in [0.2, 0.25) is 0 Å². The molecule has 0 radical (unpaired) electrons. The summed E-state index contributed by atoms with van der Waals surface area (Å²) in [5.74, 6) is 0.0604. The largest absolute Gasteiger partial charge is 0.493 e. The maximum Gasteiger partial charge on any atom is 0.323 e. The van der Waals surface area contributed by atoms with E-state index in [0.717, 1.165) is 10.1 Å². The summed E-state index contributed by atoms with van der Waals surface area (Å²) < 4.78 is 13.0. The van der Waals surface area contributed by atoms with Gasteiger partial charge in [-0.3, -0.25) is 9.59 Å². The van der Waals surface area contributed by atoms with Crippen molar-refractivity contribution in [3.05, 3.63) is 47.0 Å². The minimum absolute atomic E-state index is 0.295. The van der Waals surface area contributed by atoms with Crippen LogP contribution in [0.3, 0.4) is 0 Å². The van der Waals surface area contributed by atoms with Crippen molar-refractivity contribution in [3.63, 3.8) is 0 Å². The normalized spacial score (nSPS) is 10.8. The monoisotopic (exact) mass is 329 g/mol. The third kappa shape index (κ3) is 2.69. The number of carboxylic acids is 1. The molecule has 3 rings (SSSR count). The van der Waals surface area contributed by atoms with Gasteiger partial charge in [-0.15, -0.1) is 0 Å². The zero-order valence-corrected chi connectivity index (χ0v) is 13.1. The van der Waals surface area contributed by atoms with E-state index < -0.39 is 18.1 Å².